The van der Waals surface area contributed by atoms with Gasteiger partial charge in [0.25, 0.3) is 5.24 Å². The van der Waals surface area contributed by atoms with Gasteiger partial charge in [0.2, 0.25) is 0 Å². The number of aryl methyl sites for hydroxylation is 1. The number of carbonyl (C=O) groups is 1. The number of nitrogens with zero attached hydrogens (tertiary/aromatic N) is 1. The Morgan fingerprint density at radius 2 is 2.25 bits per heavy atom. The molecule has 0 radical (unpaired) electrons. The van der Waals surface area contributed by atoms with Crippen LogP contribution in [0.2, 0.25) is 0 Å². The van der Waals surface area contributed by atoms with Gasteiger partial charge in [-0.05, 0) is 44.6 Å². The largest absolute Gasteiger partial charge is 0.457 e. The summed E-state index contributed by atoms with van der Waals surface area (Å²) in [5.74, 6) is 1.01. The number of rotatable bonds is 6. The molecule has 1 aromatic heterocycles. The number of unbranched alkanes of at least 4 members (excludes halogenated alkanes) is 1. The van der Waals surface area contributed by atoms with Crippen LogP contribution in [0.3, 0.4) is 0 Å². The minimum absolute atomic E-state index is 0.234. The van der Waals surface area contributed by atoms with E-state index in [0.717, 1.165) is 24.4 Å². The van der Waals surface area contributed by atoms with Crippen molar-refractivity contribution >= 4 is 16.8 Å². The smallest absolute Gasteiger partial charge is 0.287 e. The molecular formula is C12H18ClNO2. The van der Waals surface area contributed by atoms with E-state index < -0.39 is 5.24 Å². The van der Waals surface area contributed by atoms with Crippen LogP contribution in [0.15, 0.2) is 10.5 Å². The first-order valence-electron chi connectivity index (χ1n) is 5.52. The molecule has 0 bridgehead atoms. The van der Waals surface area contributed by atoms with Crippen LogP contribution in [-0.2, 0) is 6.54 Å². The Hall–Kier alpha value is -0.800. The number of carbonyl (C=O) groups excluding carboxylic acids is 1. The van der Waals surface area contributed by atoms with Crippen molar-refractivity contribution in [1.82, 2.24) is 4.90 Å². The molecule has 0 fully saturated rings. The average molecular weight is 244 g/mol. The van der Waals surface area contributed by atoms with E-state index in [0.29, 0.717) is 0 Å². The Bertz CT molecular complexity index is 360. The van der Waals surface area contributed by atoms with Crippen molar-refractivity contribution in [2.75, 3.05) is 13.6 Å². The van der Waals surface area contributed by atoms with E-state index >= 15 is 0 Å². The van der Waals surface area contributed by atoms with Crippen molar-refractivity contribution in [2.24, 2.45) is 0 Å². The molecule has 0 spiro atoms. The molecule has 0 aliphatic carbocycles. The van der Waals surface area contributed by atoms with Crippen LogP contribution < -0.4 is 0 Å². The van der Waals surface area contributed by atoms with Crippen molar-refractivity contribution in [1.29, 1.82) is 0 Å². The third-order valence-electron chi connectivity index (χ3n) is 2.55. The van der Waals surface area contributed by atoms with E-state index in [9.17, 15) is 4.79 Å². The van der Waals surface area contributed by atoms with E-state index in [4.69, 9.17) is 16.0 Å². The minimum Gasteiger partial charge on any atom is -0.457 e. The summed E-state index contributed by atoms with van der Waals surface area (Å²) in [6.07, 6.45) is 2.36. The van der Waals surface area contributed by atoms with Gasteiger partial charge < -0.3 is 9.32 Å². The summed E-state index contributed by atoms with van der Waals surface area (Å²) in [6.45, 7) is 5.86. The van der Waals surface area contributed by atoms with Crippen molar-refractivity contribution in [3.05, 3.63) is 23.2 Å². The van der Waals surface area contributed by atoms with Gasteiger partial charge in [0.05, 0.1) is 0 Å². The molecule has 0 aromatic carbocycles. The fraction of sp³-hybridized carbons (Fsp3) is 0.583. The molecule has 0 amide bonds. The highest BCUT2D eigenvalue weighted by molar-refractivity contribution is 6.67. The quantitative estimate of drug-likeness (QED) is 0.720. The summed E-state index contributed by atoms with van der Waals surface area (Å²) in [6, 6.07) is 1.73. The Kier molecular flexibility index (Phi) is 5.03. The fourth-order valence-corrected chi connectivity index (χ4v) is 1.66. The predicted molar refractivity (Wildman–Crippen MR) is 64.9 cm³/mol. The molecular weight excluding hydrogens is 226 g/mol. The SMILES string of the molecule is CCCCN(C)Cc1cc(C(=O)Cl)oc1C. The average Bonchev–Trinajstić information content (AvgIpc) is 2.57. The number of furan rings is 1. The molecule has 3 nitrogen and oxygen atoms in total. The van der Waals surface area contributed by atoms with Crippen LogP contribution in [0.5, 0.6) is 0 Å². The molecule has 0 N–H and O–H groups in total. The monoisotopic (exact) mass is 243 g/mol. The topological polar surface area (TPSA) is 33.5 Å². The van der Waals surface area contributed by atoms with Gasteiger partial charge in [-0.3, -0.25) is 4.79 Å². The summed E-state index contributed by atoms with van der Waals surface area (Å²) < 4.78 is 5.27. The van der Waals surface area contributed by atoms with E-state index in [2.05, 4.69) is 18.9 Å². The third kappa shape index (κ3) is 3.65. The number of hydrogen-bond acceptors (Lipinski definition) is 3. The van der Waals surface area contributed by atoms with Crippen molar-refractivity contribution in [3.8, 4) is 0 Å². The van der Waals surface area contributed by atoms with Gasteiger partial charge >= 0.3 is 0 Å². The maximum absolute atomic E-state index is 10.9. The van der Waals surface area contributed by atoms with Gasteiger partial charge in [-0.2, -0.15) is 0 Å². The van der Waals surface area contributed by atoms with Crippen LogP contribution in [0, 0.1) is 6.92 Å². The Balaban J connectivity index is 2.62. The van der Waals surface area contributed by atoms with Gasteiger partial charge in [-0.1, -0.05) is 13.3 Å². The number of halogens is 1. The first-order valence-corrected chi connectivity index (χ1v) is 5.90. The molecule has 0 saturated carbocycles. The second kappa shape index (κ2) is 6.06. The maximum atomic E-state index is 10.9. The molecule has 0 aliphatic rings. The zero-order chi connectivity index (χ0) is 12.1. The van der Waals surface area contributed by atoms with Crippen LogP contribution >= 0.6 is 11.6 Å². The van der Waals surface area contributed by atoms with E-state index in [1.165, 1.54) is 12.8 Å². The second-order valence-electron chi connectivity index (χ2n) is 4.06. The molecule has 90 valence electrons. The van der Waals surface area contributed by atoms with E-state index in [-0.39, 0.29) is 5.76 Å². The van der Waals surface area contributed by atoms with Crippen LogP contribution in [0.4, 0.5) is 0 Å². The Morgan fingerprint density at radius 3 is 2.75 bits per heavy atom. The zero-order valence-corrected chi connectivity index (χ0v) is 10.8. The third-order valence-corrected chi connectivity index (χ3v) is 2.73. The van der Waals surface area contributed by atoms with Crippen LogP contribution in [0.25, 0.3) is 0 Å². The van der Waals surface area contributed by atoms with Gasteiger partial charge in [0.15, 0.2) is 5.76 Å². The Labute approximate surface area is 101 Å². The van der Waals surface area contributed by atoms with Crippen LogP contribution in [0.1, 0.15) is 41.6 Å². The highest BCUT2D eigenvalue weighted by Gasteiger charge is 2.13. The van der Waals surface area contributed by atoms with Crippen molar-refractivity contribution in [2.45, 2.75) is 33.2 Å². The summed E-state index contributed by atoms with van der Waals surface area (Å²) >= 11 is 5.36. The lowest BCUT2D eigenvalue weighted by Crippen LogP contribution is -2.18. The lowest BCUT2D eigenvalue weighted by molar-refractivity contribution is 0.105. The van der Waals surface area contributed by atoms with Gasteiger partial charge in [0.1, 0.15) is 5.76 Å². The normalized spacial score (nSPS) is 11.1. The summed E-state index contributed by atoms with van der Waals surface area (Å²) in [4.78, 5) is 13.1. The Morgan fingerprint density at radius 1 is 1.56 bits per heavy atom. The number of hydrogen-bond donors (Lipinski definition) is 0. The van der Waals surface area contributed by atoms with Crippen molar-refractivity contribution < 1.29 is 9.21 Å². The minimum atomic E-state index is -0.537. The highest BCUT2D eigenvalue weighted by Crippen LogP contribution is 2.17. The molecule has 1 heterocycles. The molecule has 0 unspecified atom stereocenters. The molecule has 1 rings (SSSR count). The van der Waals surface area contributed by atoms with Gasteiger partial charge in [-0.25, -0.2) is 0 Å². The van der Waals surface area contributed by atoms with E-state index in [1.807, 2.05) is 6.92 Å². The molecule has 0 atom stereocenters. The molecule has 1 aromatic rings. The van der Waals surface area contributed by atoms with Crippen molar-refractivity contribution in [3.63, 3.8) is 0 Å². The second-order valence-corrected chi connectivity index (χ2v) is 4.40. The first-order chi connectivity index (χ1) is 7.54. The molecule has 4 heteroatoms. The molecule has 0 saturated heterocycles. The molecule has 16 heavy (non-hydrogen) atoms. The summed E-state index contributed by atoms with van der Waals surface area (Å²) in [5, 5.41) is -0.537. The first kappa shape index (κ1) is 13.3. The lowest BCUT2D eigenvalue weighted by atomic mass is 10.2. The highest BCUT2D eigenvalue weighted by atomic mass is 35.5. The summed E-state index contributed by atoms with van der Waals surface area (Å²) in [7, 11) is 2.06. The van der Waals surface area contributed by atoms with Crippen LogP contribution in [-0.4, -0.2) is 23.7 Å². The van der Waals surface area contributed by atoms with Gasteiger partial charge in [0, 0.05) is 12.1 Å². The lowest BCUT2D eigenvalue weighted by Gasteiger charge is -2.15. The summed E-state index contributed by atoms with van der Waals surface area (Å²) in [5.41, 5.74) is 1.03. The maximum Gasteiger partial charge on any atom is 0.287 e. The van der Waals surface area contributed by atoms with E-state index in [1.54, 1.807) is 6.07 Å². The van der Waals surface area contributed by atoms with Gasteiger partial charge in [-0.15, -0.1) is 0 Å². The zero-order valence-electron chi connectivity index (χ0n) is 10.0. The molecule has 0 aliphatic heterocycles. The predicted octanol–water partition coefficient (Wildman–Crippen LogP) is 3.20. The fourth-order valence-electron chi connectivity index (χ4n) is 1.57. The standard InChI is InChI=1S/C12H18ClNO2/c1-4-5-6-14(3)8-10-7-11(12(13)15)16-9(10)2/h7H,4-6,8H2,1-3H3.